The number of rotatable bonds is 11. The van der Waals surface area contributed by atoms with Crippen LogP contribution < -0.4 is 29.2 Å². The second-order valence-corrected chi connectivity index (χ2v) is 6.80. The third-order valence-corrected chi connectivity index (χ3v) is 4.70. The molecule has 0 bridgehead atoms. The van der Waals surface area contributed by atoms with Gasteiger partial charge in [-0.1, -0.05) is 6.07 Å². The van der Waals surface area contributed by atoms with Crippen LogP contribution in [-0.4, -0.2) is 54.5 Å². The summed E-state index contributed by atoms with van der Waals surface area (Å²) in [5, 5.41) is 2.91. The van der Waals surface area contributed by atoms with Crippen molar-refractivity contribution in [3.63, 3.8) is 0 Å². The van der Waals surface area contributed by atoms with Crippen molar-refractivity contribution < 1.29 is 28.6 Å². The molecule has 1 atom stereocenters. The average molecular weight is 403 g/mol. The molecular weight excluding hydrogens is 372 g/mol. The number of hydrogen-bond acceptors (Lipinski definition) is 5. The van der Waals surface area contributed by atoms with Gasteiger partial charge >= 0.3 is 0 Å². The Kier molecular flexibility index (Phi) is 8.61. The zero-order chi connectivity index (χ0) is 21.2. The van der Waals surface area contributed by atoms with Crippen LogP contribution in [-0.2, 0) is 11.2 Å². The number of benzene rings is 2. The average Bonchev–Trinajstić information content (AvgIpc) is 2.75. The minimum atomic E-state index is -0.0363. The van der Waals surface area contributed by atoms with E-state index in [2.05, 4.69) is 12.4 Å². The molecule has 158 valence electrons. The number of methoxy groups -OCH3 is 4. The highest BCUT2D eigenvalue weighted by Gasteiger charge is 2.11. The molecule has 0 fully saturated rings. The van der Waals surface area contributed by atoms with Gasteiger partial charge in [0.2, 0.25) is 5.91 Å². The predicted octanol–water partition coefficient (Wildman–Crippen LogP) is 1.81. The smallest absolute Gasteiger partial charge is 0.230 e. The topological polar surface area (TPSA) is 70.5 Å². The monoisotopic (exact) mass is 403 g/mol. The quantitative estimate of drug-likeness (QED) is 0.599. The predicted molar refractivity (Wildman–Crippen MR) is 113 cm³/mol. The van der Waals surface area contributed by atoms with Crippen molar-refractivity contribution in [2.24, 2.45) is 0 Å². The molecule has 0 aromatic heterocycles. The van der Waals surface area contributed by atoms with Crippen LogP contribution in [0.25, 0.3) is 0 Å². The first kappa shape index (κ1) is 22.4. The molecule has 0 saturated carbocycles. The Balaban J connectivity index is 1.81. The van der Waals surface area contributed by atoms with Crippen LogP contribution in [0.1, 0.15) is 12.0 Å². The molecule has 7 heteroatoms. The maximum Gasteiger partial charge on any atom is 0.230 e. The van der Waals surface area contributed by atoms with Gasteiger partial charge in [0.25, 0.3) is 0 Å². The summed E-state index contributed by atoms with van der Waals surface area (Å²) in [6, 6.07) is 11.3. The third kappa shape index (κ3) is 6.87. The normalized spacial score (nSPS) is 11.5. The Morgan fingerprint density at radius 2 is 1.52 bits per heavy atom. The summed E-state index contributed by atoms with van der Waals surface area (Å²) in [7, 11) is 8.51. The number of amides is 1. The van der Waals surface area contributed by atoms with E-state index >= 15 is 0 Å². The fraction of sp³-hybridized carbons (Fsp3) is 0.409. The molecule has 1 unspecified atom stereocenters. The molecule has 0 radical (unpaired) electrons. The molecule has 0 aliphatic heterocycles. The number of carbonyl (C=O) groups is 1. The minimum absolute atomic E-state index is 0.0363. The largest absolute Gasteiger partial charge is 0.497 e. The first-order valence-electron chi connectivity index (χ1n) is 9.54. The molecule has 2 rings (SSSR count). The Morgan fingerprint density at radius 1 is 0.862 bits per heavy atom. The Morgan fingerprint density at radius 3 is 2.10 bits per heavy atom. The van der Waals surface area contributed by atoms with Gasteiger partial charge in [0.05, 0.1) is 55.0 Å². The highest BCUT2D eigenvalue weighted by atomic mass is 16.5. The van der Waals surface area contributed by atoms with E-state index in [1.807, 2.05) is 18.2 Å². The van der Waals surface area contributed by atoms with Crippen LogP contribution in [0.2, 0.25) is 0 Å². The van der Waals surface area contributed by atoms with E-state index in [-0.39, 0.29) is 5.91 Å². The van der Waals surface area contributed by atoms with E-state index < -0.39 is 0 Å². The van der Waals surface area contributed by atoms with E-state index in [4.69, 9.17) is 18.9 Å². The summed E-state index contributed by atoms with van der Waals surface area (Å²) in [6.07, 6.45) is 1.32. The second-order valence-electron chi connectivity index (χ2n) is 6.80. The zero-order valence-corrected chi connectivity index (χ0v) is 17.8. The van der Waals surface area contributed by atoms with Crippen molar-refractivity contribution in [1.82, 2.24) is 0 Å². The lowest BCUT2D eigenvalue weighted by Gasteiger charge is -2.15. The molecule has 0 aliphatic rings. The van der Waals surface area contributed by atoms with Gasteiger partial charge in [-0.2, -0.15) is 0 Å². The summed E-state index contributed by atoms with van der Waals surface area (Å²) in [4.78, 5) is 13.6. The summed E-state index contributed by atoms with van der Waals surface area (Å²) < 4.78 is 21.1. The first-order valence-corrected chi connectivity index (χ1v) is 9.54. The van der Waals surface area contributed by atoms with E-state index in [1.165, 1.54) is 10.5 Å². The fourth-order valence-corrected chi connectivity index (χ4v) is 2.95. The molecule has 1 amide bonds. The van der Waals surface area contributed by atoms with Crippen molar-refractivity contribution >= 4 is 11.6 Å². The van der Waals surface area contributed by atoms with Crippen molar-refractivity contribution in [1.29, 1.82) is 0 Å². The standard InChI is InChI=1S/C22H30N2O5/c1-24(10-8-16-6-7-20(28-4)21(12-16)29-5)11-9-22(25)23-17-13-18(26-2)15-19(14-17)27-3/h6-7,12-15H,8-11H2,1-5H3,(H,23,25)/p+1. The van der Waals surface area contributed by atoms with Crippen LogP contribution in [0.15, 0.2) is 36.4 Å². The van der Waals surface area contributed by atoms with Crippen LogP contribution in [0, 0.1) is 0 Å². The molecule has 2 aromatic carbocycles. The molecule has 0 heterocycles. The molecule has 0 saturated heterocycles. The maximum absolute atomic E-state index is 12.3. The number of carbonyl (C=O) groups excluding carboxylic acids is 1. The van der Waals surface area contributed by atoms with Gasteiger partial charge < -0.3 is 29.2 Å². The van der Waals surface area contributed by atoms with E-state index in [1.54, 1.807) is 46.6 Å². The van der Waals surface area contributed by atoms with Crippen LogP contribution in [0.5, 0.6) is 23.0 Å². The number of quaternary nitrogens is 1. The number of anilines is 1. The van der Waals surface area contributed by atoms with Crippen LogP contribution in [0.4, 0.5) is 5.69 Å². The fourth-order valence-electron chi connectivity index (χ4n) is 2.95. The molecule has 2 aromatic rings. The lowest BCUT2D eigenvalue weighted by molar-refractivity contribution is -0.878. The second kappa shape index (κ2) is 11.2. The Hall–Kier alpha value is -2.93. The zero-order valence-electron chi connectivity index (χ0n) is 17.8. The highest BCUT2D eigenvalue weighted by Crippen LogP contribution is 2.27. The van der Waals surface area contributed by atoms with Gasteiger partial charge in [-0.15, -0.1) is 0 Å². The number of likely N-dealkylation sites (N-methyl/N-ethyl adjacent to an activating group) is 1. The molecule has 29 heavy (non-hydrogen) atoms. The molecule has 2 N–H and O–H groups in total. The van der Waals surface area contributed by atoms with E-state index in [0.29, 0.717) is 23.6 Å². The minimum Gasteiger partial charge on any atom is -0.497 e. The van der Waals surface area contributed by atoms with Crippen molar-refractivity contribution in [3.8, 4) is 23.0 Å². The van der Waals surface area contributed by atoms with Gasteiger partial charge in [0, 0.05) is 30.3 Å². The molecular formula is C22H31N2O5+. The lowest BCUT2D eigenvalue weighted by Crippen LogP contribution is -3.09. The number of nitrogens with one attached hydrogen (secondary N) is 2. The maximum atomic E-state index is 12.3. The highest BCUT2D eigenvalue weighted by molar-refractivity contribution is 5.91. The van der Waals surface area contributed by atoms with Gasteiger partial charge in [0.1, 0.15) is 11.5 Å². The summed E-state index contributed by atoms with van der Waals surface area (Å²) in [5.41, 5.74) is 1.84. The van der Waals surface area contributed by atoms with Crippen molar-refractivity contribution in [2.75, 3.05) is 53.9 Å². The molecule has 7 nitrogen and oxygen atoms in total. The van der Waals surface area contributed by atoms with Crippen LogP contribution >= 0.6 is 0 Å². The summed E-state index contributed by atoms with van der Waals surface area (Å²) in [6.45, 7) is 1.65. The summed E-state index contributed by atoms with van der Waals surface area (Å²) >= 11 is 0. The Bertz CT molecular complexity index is 788. The third-order valence-electron chi connectivity index (χ3n) is 4.70. The SMILES string of the molecule is COc1cc(NC(=O)CC[NH+](C)CCc2ccc(OC)c(OC)c2)cc(OC)c1. The van der Waals surface area contributed by atoms with Crippen molar-refractivity contribution in [3.05, 3.63) is 42.0 Å². The van der Waals surface area contributed by atoms with Crippen molar-refractivity contribution in [2.45, 2.75) is 12.8 Å². The molecule has 0 aliphatic carbocycles. The first-order chi connectivity index (χ1) is 14.0. The molecule has 0 spiro atoms. The van der Waals surface area contributed by atoms with E-state index in [9.17, 15) is 4.79 Å². The van der Waals surface area contributed by atoms with Gasteiger partial charge in [0.15, 0.2) is 11.5 Å². The number of ether oxygens (including phenoxy) is 4. The summed E-state index contributed by atoms with van der Waals surface area (Å²) in [5.74, 6) is 2.69. The lowest BCUT2D eigenvalue weighted by atomic mass is 10.1. The van der Waals surface area contributed by atoms with Gasteiger partial charge in [-0.05, 0) is 17.7 Å². The van der Waals surface area contributed by atoms with Gasteiger partial charge in [-0.25, -0.2) is 0 Å². The van der Waals surface area contributed by atoms with Crippen LogP contribution in [0.3, 0.4) is 0 Å². The van der Waals surface area contributed by atoms with E-state index in [0.717, 1.165) is 31.0 Å². The van der Waals surface area contributed by atoms with Gasteiger partial charge in [-0.3, -0.25) is 4.79 Å². The Labute approximate surface area is 172 Å². The number of hydrogen-bond donors (Lipinski definition) is 2.